The van der Waals surface area contributed by atoms with E-state index in [0.717, 1.165) is 12.8 Å². The molecule has 0 aromatic carbocycles. The van der Waals surface area contributed by atoms with Crippen molar-refractivity contribution >= 4 is 14.4 Å². The van der Waals surface area contributed by atoms with Crippen LogP contribution < -0.4 is 0 Å². The summed E-state index contributed by atoms with van der Waals surface area (Å²) in [5.74, 6) is -1.07. The highest BCUT2D eigenvalue weighted by Crippen LogP contribution is 2.79. The molecular formula is C20H34N2O3P+. The Labute approximate surface area is 158 Å². The van der Waals surface area contributed by atoms with Gasteiger partial charge in [0.05, 0.1) is 7.05 Å². The Kier molecular flexibility index (Phi) is 3.09. The third-order valence-electron chi connectivity index (χ3n) is 8.24. The lowest BCUT2D eigenvalue weighted by atomic mass is 9.73. The zero-order chi connectivity index (χ0) is 19.0. The summed E-state index contributed by atoms with van der Waals surface area (Å²) in [6.07, 6.45) is 6.47. The van der Waals surface area contributed by atoms with Crippen LogP contribution in [0.15, 0.2) is 0 Å². The Morgan fingerprint density at radius 3 is 2.00 bits per heavy atom. The molecule has 1 aliphatic carbocycles. The molecule has 0 N–H and O–H groups in total. The van der Waals surface area contributed by atoms with Gasteiger partial charge in [0.25, 0.3) is 0 Å². The van der Waals surface area contributed by atoms with Crippen LogP contribution in [0, 0.1) is 5.41 Å². The van der Waals surface area contributed by atoms with Gasteiger partial charge in [-0.25, -0.2) is 4.67 Å². The van der Waals surface area contributed by atoms with E-state index >= 15 is 0 Å². The molecule has 0 radical (unpaired) electrons. The van der Waals surface area contributed by atoms with Crippen molar-refractivity contribution in [3.63, 3.8) is 0 Å². The summed E-state index contributed by atoms with van der Waals surface area (Å²) in [7, 11) is 1.58. The first-order chi connectivity index (χ1) is 11.8. The first-order valence-electron chi connectivity index (χ1n) is 10.0. The molecule has 0 unspecified atom stereocenters. The van der Waals surface area contributed by atoms with Crippen LogP contribution in [0.3, 0.4) is 0 Å². The minimum Gasteiger partial charge on any atom is -0.335 e. The van der Waals surface area contributed by atoms with Crippen LogP contribution in [0.25, 0.3) is 0 Å². The van der Waals surface area contributed by atoms with Crippen LogP contribution in [0.5, 0.6) is 0 Å². The Bertz CT molecular complexity index is 678. The predicted octanol–water partition coefficient (Wildman–Crippen LogP) is 4.05. The van der Waals surface area contributed by atoms with Crippen LogP contribution in [0.2, 0.25) is 0 Å². The summed E-state index contributed by atoms with van der Waals surface area (Å²) in [5, 5.41) is -0.432. The van der Waals surface area contributed by atoms with Crippen molar-refractivity contribution in [2.24, 2.45) is 5.41 Å². The van der Waals surface area contributed by atoms with Gasteiger partial charge in [0, 0.05) is 18.3 Å². The summed E-state index contributed by atoms with van der Waals surface area (Å²) in [6, 6.07) is 0.537. The summed E-state index contributed by atoms with van der Waals surface area (Å²) in [6.45, 7) is 16.1. The summed E-state index contributed by atoms with van der Waals surface area (Å²) in [4.78, 5) is 0. The maximum Gasteiger partial charge on any atom is 0.236 e. The van der Waals surface area contributed by atoms with Gasteiger partial charge in [-0.15, -0.1) is 0 Å². The van der Waals surface area contributed by atoms with Crippen molar-refractivity contribution in [2.75, 3.05) is 7.05 Å². The molecule has 6 heteroatoms. The highest BCUT2D eigenvalue weighted by atomic mass is 31.1. The molecule has 1 saturated carbocycles. The van der Waals surface area contributed by atoms with E-state index in [1.54, 1.807) is 0 Å². The van der Waals surface area contributed by atoms with Gasteiger partial charge < -0.3 is 14.2 Å². The molecule has 0 aromatic rings. The van der Waals surface area contributed by atoms with Crippen molar-refractivity contribution in [2.45, 2.75) is 108 Å². The lowest BCUT2D eigenvalue weighted by molar-refractivity contribution is -0.600. The summed E-state index contributed by atoms with van der Waals surface area (Å²) in [5.41, 5.74) is 0.450. The van der Waals surface area contributed by atoms with Gasteiger partial charge in [0.2, 0.25) is 6.34 Å². The first kappa shape index (κ1) is 17.8. The highest BCUT2D eigenvalue weighted by molar-refractivity contribution is 7.59. The number of rotatable bonds is 1. The third-order valence-corrected chi connectivity index (χ3v) is 11.4. The monoisotopic (exact) mass is 381 g/mol. The Balaban J connectivity index is 1.64. The van der Waals surface area contributed by atoms with E-state index in [4.69, 9.17) is 14.2 Å². The summed E-state index contributed by atoms with van der Waals surface area (Å²) >= 11 is 0. The fourth-order valence-electron chi connectivity index (χ4n) is 7.19. The van der Waals surface area contributed by atoms with E-state index in [1.807, 2.05) is 0 Å². The maximum atomic E-state index is 6.68. The van der Waals surface area contributed by atoms with E-state index in [-0.39, 0.29) is 21.6 Å². The molecule has 146 valence electrons. The molecular weight excluding hydrogens is 347 g/mol. The fourth-order valence-corrected chi connectivity index (χ4v) is 11.5. The van der Waals surface area contributed by atoms with Gasteiger partial charge in [0.15, 0.2) is 19.6 Å². The van der Waals surface area contributed by atoms with Crippen LogP contribution in [-0.4, -0.2) is 56.5 Å². The average molecular weight is 381 g/mol. The SMILES string of the molecule is C[N+]1=CN(P2[C@@]3(C)C[C@]4(C)O[C@@](C)(C[C@@]2(C)O4)O3)[C@H]2CC[C@]1(C)C2(C)C. The molecule has 6 rings (SSSR count). The number of hydrogen-bond acceptors (Lipinski definition) is 4. The fraction of sp³-hybridized carbons (Fsp3) is 0.950. The Hall–Kier alpha value is -0.220. The van der Waals surface area contributed by atoms with Crippen molar-refractivity contribution < 1.29 is 18.8 Å². The van der Waals surface area contributed by atoms with Gasteiger partial charge in [-0.3, -0.25) is 4.58 Å². The van der Waals surface area contributed by atoms with E-state index in [2.05, 4.69) is 71.1 Å². The van der Waals surface area contributed by atoms with Crippen molar-refractivity contribution in [1.29, 1.82) is 0 Å². The van der Waals surface area contributed by atoms with E-state index in [1.165, 1.54) is 12.8 Å². The van der Waals surface area contributed by atoms with Gasteiger partial charge in [-0.1, -0.05) is 13.8 Å². The van der Waals surface area contributed by atoms with Crippen molar-refractivity contribution in [3.8, 4) is 0 Å². The lowest BCUT2D eigenvalue weighted by Crippen LogP contribution is -2.74. The molecule has 5 heterocycles. The normalized spacial score (nSPS) is 59.7. The molecule has 6 aliphatic rings. The molecule has 5 aliphatic heterocycles. The Morgan fingerprint density at radius 1 is 0.923 bits per heavy atom. The van der Waals surface area contributed by atoms with Crippen molar-refractivity contribution in [3.05, 3.63) is 0 Å². The van der Waals surface area contributed by atoms with Crippen LogP contribution in [0.4, 0.5) is 0 Å². The predicted molar refractivity (Wildman–Crippen MR) is 102 cm³/mol. The Morgan fingerprint density at radius 2 is 1.46 bits per heavy atom. The molecule has 5 fully saturated rings. The average Bonchev–Trinajstić information content (AvgIpc) is 2.53. The molecule has 0 spiro atoms. The maximum absolute atomic E-state index is 6.68. The number of hydrogen-bond donors (Lipinski definition) is 0. The largest absolute Gasteiger partial charge is 0.335 e. The quantitative estimate of drug-likeness (QED) is 0.507. The van der Waals surface area contributed by atoms with Gasteiger partial charge in [0.1, 0.15) is 22.3 Å². The zero-order valence-corrected chi connectivity index (χ0v) is 18.4. The second-order valence-electron chi connectivity index (χ2n) is 10.7. The molecule has 0 aromatic heterocycles. The standard InChI is InChI=1S/C20H34N2O3P/c1-15(2)14-9-10-16(15,3)21(8)13-22(14)26-19(6)11-17(4)23-18(5,25-19)12-20(26,7)24-17/h13-14H,9-12H2,1-8H3/q+1/t14-,16+,17+,18+,19-,20-/m0/s1. The molecule has 26 heavy (non-hydrogen) atoms. The number of fused-ring (bicyclic) bond motifs is 2. The topological polar surface area (TPSA) is 33.9 Å². The molecule has 6 bridgehead atoms. The molecule has 5 nitrogen and oxygen atoms in total. The smallest absolute Gasteiger partial charge is 0.236 e. The van der Waals surface area contributed by atoms with Crippen LogP contribution >= 0.6 is 8.07 Å². The molecule has 0 amide bonds. The summed E-state index contributed by atoms with van der Waals surface area (Å²) < 4.78 is 24.7. The van der Waals surface area contributed by atoms with Crippen LogP contribution in [-0.2, 0) is 14.2 Å². The van der Waals surface area contributed by atoms with Gasteiger partial charge in [-0.05, 0) is 47.5 Å². The highest BCUT2D eigenvalue weighted by Gasteiger charge is 2.77. The zero-order valence-electron chi connectivity index (χ0n) is 17.5. The number of nitrogens with zero attached hydrogens (tertiary/aromatic N) is 2. The molecule has 4 saturated heterocycles. The van der Waals surface area contributed by atoms with Gasteiger partial charge in [-0.2, -0.15) is 0 Å². The second kappa shape index (κ2) is 4.50. The molecule has 6 atom stereocenters. The van der Waals surface area contributed by atoms with Crippen molar-refractivity contribution in [1.82, 2.24) is 4.67 Å². The number of ether oxygens (including phenoxy) is 3. The third kappa shape index (κ3) is 1.89. The van der Waals surface area contributed by atoms with E-state index in [0.29, 0.717) is 6.04 Å². The minimum absolute atomic E-state index is 0.216. The first-order valence-corrected chi connectivity index (χ1v) is 11.3. The van der Waals surface area contributed by atoms with Gasteiger partial charge >= 0.3 is 0 Å². The minimum atomic E-state index is -0.666. The second-order valence-corrected chi connectivity index (χ2v) is 13.7. The van der Waals surface area contributed by atoms with Crippen LogP contribution in [0.1, 0.15) is 74.1 Å². The van der Waals surface area contributed by atoms with E-state index < -0.39 is 19.6 Å². The van der Waals surface area contributed by atoms with E-state index in [9.17, 15) is 0 Å². The lowest BCUT2D eigenvalue weighted by Gasteiger charge is -2.69.